The number of ether oxygens (including phenoxy) is 2. The number of nitrogens with one attached hydrogen (secondary N) is 1. The lowest BCUT2D eigenvalue weighted by Crippen LogP contribution is -2.40. The van der Waals surface area contributed by atoms with Crippen LogP contribution in [0, 0.1) is 0 Å². The number of aromatic nitrogens is 1. The fourth-order valence-electron chi connectivity index (χ4n) is 2.60. The van der Waals surface area contributed by atoms with Gasteiger partial charge in [0.25, 0.3) is 0 Å². The number of rotatable bonds is 5. The maximum Gasteiger partial charge on any atom is 0.407 e. The summed E-state index contributed by atoms with van der Waals surface area (Å²) in [6, 6.07) is 1.88. The molecule has 1 aliphatic rings. The quantitative estimate of drug-likeness (QED) is 0.832. The molecule has 2 rings (SSSR count). The van der Waals surface area contributed by atoms with Crippen LogP contribution in [0.3, 0.4) is 0 Å². The molecule has 7 heteroatoms. The highest BCUT2D eigenvalue weighted by atomic mass is 16.6. The molecule has 7 nitrogen and oxygen atoms in total. The fourth-order valence-corrected chi connectivity index (χ4v) is 2.60. The van der Waals surface area contributed by atoms with Crippen molar-refractivity contribution in [2.24, 2.45) is 0 Å². The zero-order chi connectivity index (χ0) is 17.7. The molecule has 0 aliphatic carbocycles. The fraction of sp³-hybridized carbons (Fsp3) is 0.647. The van der Waals surface area contributed by atoms with Crippen LogP contribution in [0.5, 0.6) is 0 Å². The van der Waals surface area contributed by atoms with Gasteiger partial charge in [0.05, 0.1) is 12.2 Å². The van der Waals surface area contributed by atoms with Crippen LogP contribution in [-0.2, 0) is 22.6 Å². The predicted molar refractivity (Wildman–Crippen MR) is 89.9 cm³/mol. The summed E-state index contributed by atoms with van der Waals surface area (Å²) in [5.41, 5.74) is 1.20. The first kappa shape index (κ1) is 18.3. The average molecular weight is 337 g/mol. The number of hydrogen-bond acceptors (Lipinski definition) is 5. The summed E-state index contributed by atoms with van der Waals surface area (Å²) in [4.78, 5) is 25.7. The van der Waals surface area contributed by atoms with Gasteiger partial charge >= 0.3 is 12.1 Å². The zero-order valence-electron chi connectivity index (χ0n) is 14.9. The van der Waals surface area contributed by atoms with E-state index in [1.807, 2.05) is 33.0 Å². The van der Waals surface area contributed by atoms with Crippen molar-refractivity contribution in [2.75, 3.05) is 26.2 Å². The van der Waals surface area contributed by atoms with E-state index >= 15 is 0 Å². The number of amides is 1. The Bertz CT molecular complexity index is 589. The normalized spacial score (nSPS) is 14.8. The van der Waals surface area contributed by atoms with Gasteiger partial charge in [0.2, 0.25) is 0 Å². The van der Waals surface area contributed by atoms with Gasteiger partial charge in [-0.2, -0.15) is 0 Å². The minimum absolute atomic E-state index is 0.280. The van der Waals surface area contributed by atoms with Crippen LogP contribution in [-0.4, -0.2) is 53.4 Å². The molecule has 0 saturated heterocycles. The third-order valence-electron chi connectivity index (χ3n) is 3.64. The van der Waals surface area contributed by atoms with Gasteiger partial charge in [-0.15, -0.1) is 0 Å². The molecule has 1 aromatic rings. The second kappa shape index (κ2) is 7.70. The molecule has 134 valence electrons. The molecule has 1 N–H and O–H groups in total. The van der Waals surface area contributed by atoms with Gasteiger partial charge in [-0.25, -0.2) is 9.59 Å². The van der Waals surface area contributed by atoms with Crippen molar-refractivity contribution < 1.29 is 19.1 Å². The Hall–Kier alpha value is -2.02. The van der Waals surface area contributed by atoms with Gasteiger partial charge in [0.15, 0.2) is 0 Å². The highest BCUT2D eigenvalue weighted by Crippen LogP contribution is 2.17. The van der Waals surface area contributed by atoms with Crippen molar-refractivity contribution in [3.8, 4) is 0 Å². The van der Waals surface area contributed by atoms with Crippen LogP contribution in [0.2, 0.25) is 0 Å². The van der Waals surface area contributed by atoms with Crippen LogP contribution in [0.4, 0.5) is 4.79 Å². The molecular formula is C17H27N3O4. The third kappa shape index (κ3) is 5.26. The summed E-state index contributed by atoms with van der Waals surface area (Å²) in [7, 11) is 0. The topological polar surface area (TPSA) is 72.8 Å². The van der Waals surface area contributed by atoms with E-state index in [1.165, 1.54) is 0 Å². The number of esters is 1. The van der Waals surface area contributed by atoms with E-state index in [1.54, 1.807) is 6.92 Å². The van der Waals surface area contributed by atoms with E-state index in [9.17, 15) is 9.59 Å². The van der Waals surface area contributed by atoms with Crippen molar-refractivity contribution in [3.63, 3.8) is 0 Å². The summed E-state index contributed by atoms with van der Waals surface area (Å²) < 4.78 is 12.3. The Balaban J connectivity index is 1.80. The molecule has 1 aliphatic heterocycles. The minimum Gasteiger partial charge on any atom is -0.462 e. The first-order valence-electron chi connectivity index (χ1n) is 8.34. The molecule has 0 spiro atoms. The number of fused-ring (bicyclic) bond motifs is 1. The summed E-state index contributed by atoms with van der Waals surface area (Å²) in [5, 5.41) is 2.77. The van der Waals surface area contributed by atoms with E-state index in [-0.39, 0.29) is 5.97 Å². The highest BCUT2D eigenvalue weighted by molar-refractivity contribution is 5.89. The number of nitrogens with zero attached hydrogens (tertiary/aromatic N) is 2. The molecule has 0 bridgehead atoms. The van der Waals surface area contributed by atoms with Crippen LogP contribution in [0.1, 0.15) is 43.7 Å². The van der Waals surface area contributed by atoms with Gasteiger partial charge < -0.3 is 19.4 Å². The number of carbonyl (C=O) groups is 2. The molecule has 0 atom stereocenters. The van der Waals surface area contributed by atoms with E-state index in [0.29, 0.717) is 18.7 Å². The Kier molecular flexibility index (Phi) is 5.88. The number of alkyl carbamates (subject to hydrolysis) is 1. The number of carbonyl (C=O) groups excluding carboxylic acids is 2. The molecule has 24 heavy (non-hydrogen) atoms. The van der Waals surface area contributed by atoms with Gasteiger partial charge in [-0.3, -0.25) is 4.90 Å². The maximum absolute atomic E-state index is 11.8. The Morgan fingerprint density at radius 2 is 2.04 bits per heavy atom. The zero-order valence-corrected chi connectivity index (χ0v) is 14.9. The molecule has 0 unspecified atom stereocenters. The van der Waals surface area contributed by atoms with Crippen LogP contribution in [0.25, 0.3) is 0 Å². The first-order valence-corrected chi connectivity index (χ1v) is 8.34. The Labute approximate surface area is 142 Å². The lowest BCUT2D eigenvalue weighted by Gasteiger charge is -2.28. The SMILES string of the molecule is CCOC(=O)c1cc2n(c1)CCN(CCNC(=O)OC(C)(C)C)C2. The molecule has 1 aromatic heterocycles. The lowest BCUT2D eigenvalue weighted by atomic mass is 10.2. The summed E-state index contributed by atoms with van der Waals surface area (Å²) in [6.07, 6.45) is 1.45. The van der Waals surface area contributed by atoms with Gasteiger partial charge in [0, 0.05) is 44.6 Å². The summed E-state index contributed by atoms with van der Waals surface area (Å²) in [6.45, 7) is 11.4. The molecule has 2 heterocycles. The lowest BCUT2D eigenvalue weighted by molar-refractivity contribution is 0.0512. The molecule has 0 aromatic carbocycles. The van der Waals surface area contributed by atoms with E-state index in [4.69, 9.17) is 9.47 Å². The van der Waals surface area contributed by atoms with Gasteiger partial charge in [-0.1, -0.05) is 0 Å². The molecule has 0 saturated carbocycles. The van der Waals surface area contributed by atoms with Crippen molar-refractivity contribution in [1.82, 2.24) is 14.8 Å². The van der Waals surface area contributed by atoms with Crippen molar-refractivity contribution in [2.45, 2.75) is 46.4 Å². The van der Waals surface area contributed by atoms with E-state index < -0.39 is 11.7 Å². The van der Waals surface area contributed by atoms with Crippen molar-refractivity contribution in [1.29, 1.82) is 0 Å². The van der Waals surface area contributed by atoms with E-state index in [0.717, 1.165) is 31.9 Å². The maximum atomic E-state index is 11.8. The van der Waals surface area contributed by atoms with Gasteiger partial charge in [-0.05, 0) is 33.8 Å². The standard InChI is InChI=1S/C17H27N3O4/c1-5-23-15(21)13-10-14-12-19(8-9-20(14)11-13)7-6-18-16(22)24-17(2,3)4/h10-11H,5-9,12H2,1-4H3,(H,18,22). The molecule has 1 amide bonds. The second-order valence-electron chi connectivity index (χ2n) is 6.84. The molecule has 0 radical (unpaired) electrons. The van der Waals surface area contributed by atoms with Crippen LogP contribution < -0.4 is 5.32 Å². The summed E-state index contributed by atoms with van der Waals surface area (Å²) in [5.74, 6) is -0.280. The average Bonchev–Trinajstić information content (AvgIpc) is 2.89. The molecule has 0 fully saturated rings. The molecular weight excluding hydrogens is 310 g/mol. The van der Waals surface area contributed by atoms with E-state index in [2.05, 4.69) is 14.8 Å². The second-order valence-corrected chi connectivity index (χ2v) is 6.84. The first-order chi connectivity index (χ1) is 11.3. The minimum atomic E-state index is -0.487. The monoisotopic (exact) mass is 337 g/mol. The smallest absolute Gasteiger partial charge is 0.407 e. The predicted octanol–water partition coefficient (Wildman–Crippen LogP) is 2.01. The number of hydrogen-bond donors (Lipinski definition) is 1. The van der Waals surface area contributed by atoms with Crippen LogP contribution in [0.15, 0.2) is 12.3 Å². The largest absolute Gasteiger partial charge is 0.462 e. The highest BCUT2D eigenvalue weighted by Gasteiger charge is 2.20. The van der Waals surface area contributed by atoms with Crippen molar-refractivity contribution in [3.05, 3.63) is 23.5 Å². The Morgan fingerprint density at radius 3 is 2.71 bits per heavy atom. The van der Waals surface area contributed by atoms with Crippen molar-refractivity contribution >= 4 is 12.1 Å². The summed E-state index contributed by atoms with van der Waals surface area (Å²) >= 11 is 0. The Morgan fingerprint density at radius 1 is 1.29 bits per heavy atom. The third-order valence-corrected chi connectivity index (χ3v) is 3.64. The van der Waals surface area contributed by atoms with Gasteiger partial charge in [0.1, 0.15) is 5.60 Å². The van der Waals surface area contributed by atoms with Crippen LogP contribution >= 0.6 is 0 Å².